The number of hydrogen-bond acceptors (Lipinski definition) is 2. The van der Waals surface area contributed by atoms with E-state index in [4.69, 9.17) is 0 Å². The number of nitrogens with zero attached hydrogens (tertiary/aromatic N) is 4. The Morgan fingerprint density at radius 1 is 0.190 bits per heavy atom. The summed E-state index contributed by atoms with van der Waals surface area (Å²) in [5.41, 5.74) is 37.8. The largest absolute Gasteiger partial charge is 0.310 e. The fourth-order valence-electron chi connectivity index (χ4n) is 24.3. The third kappa shape index (κ3) is 13.0. The fourth-order valence-corrected chi connectivity index (χ4v) is 24.3. The molecular weight excluding hydrogens is 1650 g/mol. The fraction of sp³-hybridized carbons (Fsp3) is 0.242. The van der Waals surface area contributed by atoms with Crippen molar-refractivity contribution in [2.75, 3.05) is 9.80 Å². The van der Waals surface area contributed by atoms with Gasteiger partial charge >= 0.3 is 0 Å². The van der Waals surface area contributed by atoms with Crippen molar-refractivity contribution in [1.29, 1.82) is 0 Å². The van der Waals surface area contributed by atoms with Crippen molar-refractivity contribution >= 4 is 165 Å². The van der Waals surface area contributed by atoms with Crippen LogP contribution < -0.4 is 26.2 Å². The summed E-state index contributed by atoms with van der Waals surface area (Å²) in [4.78, 5) is 5.67. The lowest BCUT2D eigenvalue weighted by Gasteiger charge is -2.46. The molecule has 0 saturated carbocycles. The molecule has 0 aliphatic carbocycles. The maximum absolute atomic E-state index is 2.84. The number of aromatic nitrogens is 2. The summed E-state index contributed by atoms with van der Waals surface area (Å²) in [6, 6.07) is 123. The van der Waals surface area contributed by atoms with Gasteiger partial charge in [-0.2, -0.15) is 0 Å². The van der Waals surface area contributed by atoms with E-state index in [1.807, 2.05) is 0 Å². The zero-order valence-corrected chi connectivity index (χ0v) is 84.3. The Kier molecular flexibility index (Phi) is 18.5. The highest BCUT2D eigenvalue weighted by molar-refractivity contribution is 7.00. The first-order valence-corrected chi connectivity index (χ1v) is 49.9. The van der Waals surface area contributed by atoms with Crippen molar-refractivity contribution in [2.24, 2.45) is 0 Å². The van der Waals surface area contributed by atoms with Crippen molar-refractivity contribution in [3.05, 3.63) is 354 Å². The molecular formula is C132H123BN4. The molecule has 0 bridgehead atoms. The molecule has 5 heteroatoms. The van der Waals surface area contributed by atoms with Gasteiger partial charge in [-0.05, 0) is 287 Å². The normalized spacial score (nSPS) is 13.8. The van der Waals surface area contributed by atoms with Gasteiger partial charge in [0.05, 0.1) is 33.4 Å². The van der Waals surface area contributed by atoms with Gasteiger partial charge in [-0.25, -0.2) is 0 Å². The molecule has 22 aromatic rings. The second kappa shape index (κ2) is 29.4. The molecule has 0 unspecified atom stereocenters. The van der Waals surface area contributed by atoms with E-state index in [0.29, 0.717) is 0 Å². The molecule has 2 aliphatic heterocycles. The van der Waals surface area contributed by atoms with Gasteiger partial charge in [0, 0.05) is 77.9 Å². The predicted molar refractivity (Wildman–Crippen MR) is 596 cm³/mol. The first kappa shape index (κ1) is 86.1. The molecule has 0 spiro atoms. The lowest BCUT2D eigenvalue weighted by atomic mass is 9.33. The van der Waals surface area contributed by atoms with E-state index in [9.17, 15) is 0 Å². The van der Waals surface area contributed by atoms with Crippen LogP contribution in [-0.4, -0.2) is 15.8 Å². The van der Waals surface area contributed by atoms with Gasteiger partial charge in [-0.15, -0.1) is 0 Å². The molecule has 4 heterocycles. The second-order valence-corrected chi connectivity index (χ2v) is 48.5. The summed E-state index contributed by atoms with van der Waals surface area (Å²) in [6.07, 6.45) is 0. The quantitative estimate of drug-likeness (QED) is 0.0813. The van der Waals surface area contributed by atoms with Gasteiger partial charge in [-0.1, -0.05) is 391 Å². The standard InChI is InChI=1S/C132H123BN4/c1-125(2,3)82-48-34-46-79(62-82)96-64-81(76-40-28-25-29-41-76)65-97(80-47-35-49-83(63-80)126(4,5)6)123(96)136-106-70-86(134-108-72-100(129(13,14)15)92-54-36-50-88-89-51-37-55-93-101(130(16,17)18)73-109(134)119(115(89)93)118(108)114(88)92)58-60-104(106)133-105-61-59-87(135-110-74-102(131(19,20)21)94-56-38-52-90-91-53-39-57-95-103(132(22,23)24)75-111(135)121(117(91)95)120(110)116(90)94)71-107(105)137(113-69-85(128(10,11)12)68-112(136)122(113)133)124-98(77-42-30-26-31-43-77)66-84(127(7,8)9)67-99(124)78-44-32-27-33-45-78/h25-75H,1-24H3. The van der Waals surface area contributed by atoms with Crippen molar-refractivity contribution in [3.8, 4) is 67.0 Å². The molecule has 24 rings (SSSR count). The zero-order chi connectivity index (χ0) is 95.2. The molecule has 0 saturated heterocycles. The lowest BCUT2D eigenvalue weighted by molar-refractivity contribution is 0.590. The Bertz CT molecular complexity index is 8370. The summed E-state index contributed by atoms with van der Waals surface area (Å²) in [5, 5.41) is 21.2. The van der Waals surface area contributed by atoms with E-state index in [1.54, 1.807) is 0 Å². The van der Waals surface area contributed by atoms with Gasteiger partial charge in [-0.3, -0.25) is 0 Å². The average Bonchev–Trinajstić information content (AvgIpc) is 1.67. The topological polar surface area (TPSA) is 16.3 Å². The Morgan fingerprint density at radius 2 is 0.467 bits per heavy atom. The highest BCUT2D eigenvalue weighted by atomic mass is 15.2. The van der Waals surface area contributed by atoms with Crippen LogP contribution in [-0.2, 0) is 43.3 Å². The Balaban J connectivity index is 0.914. The molecule has 4 nitrogen and oxygen atoms in total. The SMILES string of the molecule is CC(C)(C)c1cccc(-c2cc(-c3ccccc3)cc(-c3cccc(C(C)(C)C)c3)c2N2c3cc(-n4c5cc(C(C)(C)C)c6cccc7c8cccc9c(C(C)(C)C)cc4c(c98)c5c67)ccc3B3c4ccc(-n5c6cc(C(C)(C)C)c7cccc8c9cccc%10c(C(C)(C)C)cc5c(c%109)c6c78)cc4N(c4c(-c5ccccc5)cc(C(C)(C)C)cc4-c4ccccc4)c4cc(C(C)(C)C)cc2c43)c1. The summed E-state index contributed by atoms with van der Waals surface area (Å²) in [5.74, 6) is 0. The molecule has 0 N–H and O–H groups in total. The molecule has 2 aliphatic rings. The minimum Gasteiger partial charge on any atom is -0.310 e. The Labute approximate surface area is 809 Å². The summed E-state index contributed by atoms with van der Waals surface area (Å²) >= 11 is 0. The molecule has 0 fully saturated rings. The number of fused-ring (bicyclic) bond motifs is 6. The number of rotatable bonds is 9. The van der Waals surface area contributed by atoms with Gasteiger partial charge in [0.25, 0.3) is 6.71 Å². The minimum atomic E-state index is -0.420. The van der Waals surface area contributed by atoms with Crippen molar-refractivity contribution in [1.82, 2.24) is 9.13 Å². The van der Waals surface area contributed by atoms with Crippen LogP contribution in [0.5, 0.6) is 0 Å². The van der Waals surface area contributed by atoms with E-state index < -0.39 is 5.41 Å². The summed E-state index contributed by atoms with van der Waals surface area (Å²) in [7, 11) is 0. The van der Waals surface area contributed by atoms with Gasteiger partial charge in [0.1, 0.15) is 0 Å². The molecule has 0 atom stereocenters. The van der Waals surface area contributed by atoms with Crippen molar-refractivity contribution < 1.29 is 0 Å². The number of hydrogen-bond donors (Lipinski definition) is 0. The first-order chi connectivity index (χ1) is 65.1. The molecule has 674 valence electrons. The Hall–Kier alpha value is -13.7. The highest BCUT2D eigenvalue weighted by Crippen LogP contribution is 2.60. The van der Waals surface area contributed by atoms with E-state index in [0.717, 1.165) is 90.0 Å². The predicted octanol–water partition coefficient (Wildman–Crippen LogP) is 35.3. The van der Waals surface area contributed by atoms with Crippen LogP contribution >= 0.6 is 0 Å². The second-order valence-electron chi connectivity index (χ2n) is 48.5. The van der Waals surface area contributed by atoms with Crippen molar-refractivity contribution in [2.45, 2.75) is 209 Å². The third-order valence-electron chi connectivity index (χ3n) is 31.2. The van der Waals surface area contributed by atoms with Crippen LogP contribution in [0, 0.1) is 0 Å². The van der Waals surface area contributed by atoms with Crippen LogP contribution in [0.4, 0.5) is 34.1 Å². The summed E-state index contributed by atoms with van der Waals surface area (Å²) < 4.78 is 5.46. The highest BCUT2D eigenvalue weighted by Gasteiger charge is 2.48. The Morgan fingerprint density at radius 3 is 0.774 bits per heavy atom. The van der Waals surface area contributed by atoms with Crippen LogP contribution in [0.25, 0.3) is 175 Å². The van der Waals surface area contributed by atoms with Crippen molar-refractivity contribution in [3.63, 3.8) is 0 Å². The minimum absolute atomic E-state index is 0.186. The van der Waals surface area contributed by atoms with E-state index >= 15 is 0 Å². The average molecular weight is 1780 g/mol. The van der Waals surface area contributed by atoms with E-state index in [-0.39, 0.29) is 44.6 Å². The molecule has 20 aromatic carbocycles. The number of benzene rings is 20. The zero-order valence-electron chi connectivity index (χ0n) is 84.3. The molecule has 2 aromatic heterocycles. The molecule has 137 heavy (non-hydrogen) atoms. The molecule has 0 amide bonds. The number of anilines is 6. The van der Waals surface area contributed by atoms with Crippen LogP contribution in [0.3, 0.4) is 0 Å². The maximum Gasteiger partial charge on any atom is 0.252 e. The monoisotopic (exact) mass is 1770 g/mol. The van der Waals surface area contributed by atoms with Crippen LogP contribution in [0.2, 0.25) is 0 Å². The first-order valence-electron chi connectivity index (χ1n) is 49.9. The van der Waals surface area contributed by atoms with Gasteiger partial charge in [0.15, 0.2) is 0 Å². The maximum atomic E-state index is 2.84. The summed E-state index contributed by atoms with van der Waals surface area (Å²) in [6.45, 7) is 57.4. The lowest BCUT2D eigenvalue weighted by Crippen LogP contribution is -2.61. The van der Waals surface area contributed by atoms with Gasteiger partial charge in [0.2, 0.25) is 0 Å². The van der Waals surface area contributed by atoms with E-state index in [2.05, 4.69) is 494 Å². The van der Waals surface area contributed by atoms with Crippen LogP contribution in [0.1, 0.15) is 211 Å². The van der Waals surface area contributed by atoms with Gasteiger partial charge < -0.3 is 18.9 Å². The third-order valence-corrected chi connectivity index (χ3v) is 31.2. The molecule has 0 radical (unpaired) electrons. The smallest absolute Gasteiger partial charge is 0.252 e. The van der Waals surface area contributed by atoms with Crippen LogP contribution in [0.15, 0.2) is 309 Å². The van der Waals surface area contributed by atoms with E-state index in [1.165, 1.54) is 180 Å².